The van der Waals surface area contributed by atoms with Crippen LogP contribution in [0.3, 0.4) is 0 Å². The van der Waals surface area contributed by atoms with Crippen LogP contribution in [0, 0.1) is 0 Å². The molecule has 7 heteroatoms. The van der Waals surface area contributed by atoms with E-state index in [1.165, 1.54) is 12.3 Å². The minimum absolute atomic E-state index is 0.130. The number of carboxylic acid groups (broad SMARTS) is 1. The molecule has 2 N–H and O–H groups in total. The summed E-state index contributed by atoms with van der Waals surface area (Å²) in [6.07, 6.45) is 1.18. The SMILES string of the molecule is CC(C)(CNCc1ccc(C(=O)O)o1)S(C)(=O)=O. The summed E-state index contributed by atoms with van der Waals surface area (Å²) < 4.78 is 27.0. The molecule has 0 fully saturated rings. The molecule has 1 heterocycles. The molecule has 1 aromatic rings. The quantitative estimate of drug-likeness (QED) is 0.800. The van der Waals surface area contributed by atoms with Crippen LogP contribution in [-0.2, 0) is 16.4 Å². The van der Waals surface area contributed by atoms with Crippen molar-refractivity contribution >= 4 is 15.8 Å². The van der Waals surface area contributed by atoms with Crippen LogP contribution in [0.2, 0.25) is 0 Å². The van der Waals surface area contributed by atoms with E-state index in [1.807, 2.05) is 0 Å². The normalized spacial score (nSPS) is 12.6. The molecule has 6 nitrogen and oxygen atoms in total. The number of nitrogens with one attached hydrogen (secondary N) is 1. The van der Waals surface area contributed by atoms with Gasteiger partial charge in [-0.1, -0.05) is 0 Å². The highest BCUT2D eigenvalue weighted by Gasteiger charge is 2.29. The van der Waals surface area contributed by atoms with Crippen molar-refractivity contribution in [1.82, 2.24) is 5.32 Å². The molecule has 0 aromatic carbocycles. The average Bonchev–Trinajstić information content (AvgIpc) is 2.64. The van der Waals surface area contributed by atoms with E-state index in [9.17, 15) is 13.2 Å². The van der Waals surface area contributed by atoms with E-state index in [0.717, 1.165) is 0 Å². The zero-order valence-electron chi connectivity index (χ0n) is 10.6. The van der Waals surface area contributed by atoms with Crippen LogP contribution in [-0.4, -0.2) is 37.0 Å². The maximum atomic E-state index is 11.4. The van der Waals surface area contributed by atoms with Crippen LogP contribution < -0.4 is 5.32 Å². The fourth-order valence-electron chi connectivity index (χ4n) is 1.21. The van der Waals surface area contributed by atoms with Gasteiger partial charge >= 0.3 is 5.97 Å². The lowest BCUT2D eigenvalue weighted by molar-refractivity contribution is 0.0660. The smallest absolute Gasteiger partial charge is 0.371 e. The molecule has 0 aliphatic heterocycles. The molecule has 0 aliphatic carbocycles. The molecule has 0 unspecified atom stereocenters. The van der Waals surface area contributed by atoms with Crippen molar-refractivity contribution in [3.8, 4) is 0 Å². The zero-order chi connectivity index (χ0) is 14.0. The Balaban J connectivity index is 2.54. The van der Waals surface area contributed by atoms with Gasteiger partial charge in [-0.25, -0.2) is 13.2 Å². The summed E-state index contributed by atoms with van der Waals surface area (Å²) in [7, 11) is -3.15. The van der Waals surface area contributed by atoms with Crippen molar-refractivity contribution in [1.29, 1.82) is 0 Å². The highest BCUT2D eigenvalue weighted by molar-refractivity contribution is 7.92. The fraction of sp³-hybridized carbons (Fsp3) is 0.545. The van der Waals surface area contributed by atoms with Crippen molar-refractivity contribution in [3.63, 3.8) is 0 Å². The molecule has 102 valence electrons. The van der Waals surface area contributed by atoms with Gasteiger partial charge in [0, 0.05) is 12.8 Å². The molecule has 0 spiro atoms. The minimum atomic E-state index is -3.15. The largest absolute Gasteiger partial charge is 0.475 e. The Morgan fingerprint density at radius 3 is 2.50 bits per heavy atom. The predicted octanol–water partition coefficient (Wildman–Crippen LogP) is 0.891. The van der Waals surface area contributed by atoms with E-state index < -0.39 is 20.6 Å². The van der Waals surface area contributed by atoms with Gasteiger partial charge in [0.1, 0.15) is 5.76 Å². The van der Waals surface area contributed by atoms with Crippen LogP contribution in [0.5, 0.6) is 0 Å². The van der Waals surface area contributed by atoms with Crippen LogP contribution >= 0.6 is 0 Å². The monoisotopic (exact) mass is 275 g/mol. The van der Waals surface area contributed by atoms with Gasteiger partial charge in [0.25, 0.3) is 0 Å². The minimum Gasteiger partial charge on any atom is -0.475 e. The second-order valence-corrected chi connectivity index (χ2v) is 7.36. The number of hydrogen-bond donors (Lipinski definition) is 2. The Morgan fingerprint density at radius 2 is 2.06 bits per heavy atom. The number of carbonyl (C=O) groups is 1. The summed E-state index contributed by atoms with van der Waals surface area (Å²) in [6, 6.07) is 2.91. The third kappa shape index (κ3) is 3.58. The van der Waals surface area contributed by atoms with Crippen molar-refractivity contribution < 1.29 is 22.7 Å². The first-order valence-corrected chi connectivity index (χ1v) is 7.25. The Bertz CT molecular complexity index is 529. The van der Waals surface area contributed by atoms with Gasteiger partial charge in [-0.3, -0.25) is 0 Å². The Labute approximate surface area is 106 Å². The number of hydrogen-bond acceptors (Lipinski definition) is 5. The molecule has 0 aliphatic rings. The Kier molecular flexibility index (Phi) is 4.18. The van der Waals surface area contributed by atoms with E-state index >= 15 is 0 Å². The highest BCUT2D eigenvalue weighted by Crippen LogP contribution is 2.14. The van der Waals surface area contributed by atoms with E-state index in [2.05, 4.69) is 5.32 Å². The fourth-order valence-corrected chi connectivity index (χ4v) is 1.57. The average molecular weight is 275 g/mol. The summed E-state index contributed by atoms with van der Waals surface area (Å²) in [6.45, 7) is 3.79. The molecule has 0 amide bonds. The van der Waals surface area contributed by atoms with Crippen molar-refractivity contribution in [2.45, 2.75) is 25.1 Å². The van der Waals surface area contributed by atoms with Gasteiger partial charge < -0.3 is 14.8 Å². The molecule has 0 bridgehead atoms. The first kappa shape index (κ1) is 14.7. The van der Waals surface area contributed by atoms with Gasteiger partial charge in [0.05, 0.1) is 11.3 Å². The summed E-state index contributed by atoms with van der Waals surface area (Å²) in [5, 5.41) is 11.6. The molecular weight excluding hydrogens is 258 g/mol. The number of rotatable bonds is 6. The second kappa shape index (κ2) is 5.11. The molecule has 0 radical (unpaired) electrons. The zero-order valence-corrected chi connectivity index (χ0v) is 11.4. The number of sulfone groups is 1. The highest BCUT2D eigenvalue weighted by atomic mass is 32.2. The second-order valence-electron chi connectivity index (χ2n) is 4.71. The molecule has 1 rings (SSSR count). The molecular formula is C11H17NO5S. The lowest BCUT2D eigenvalue weighted by Crippen LogP contribution is -2.41. The molecule has 18 heavy (non-hydrogen) atoms. The maximum Gasteiger partial charge on any atom is 0.371 e. The summed E-state index contributed by atoms with van der Waals surface area (Å²) >= 11 is 0. The topological polar surface area (TPSA) is 96.6 Å². The van der Waals surface area contributed by atoms with Gasteiger partial charge in [-0.2, -0.15) is 0 Å². The molecule has 1 aromatic heterocycles. The van der Waals surface area contributed by atoms with Crippen LogP contribution in [0.15, 0.2) is 16.5 Å². The third-order valence-electron chi connectivity index (χ3n) is 2.73. The van der Waals surface area contributed by atoms with Gasteiger partial charge in [-0.05, 0) is 26.0 Å². The number of furan rings is 1. The van der Waals surface area contributed by atoms with Crippen LogP contribution in [0.1, 0.15) is 30.2 Å². The standard InChI is InChI=1S/C11H17NO5S/c1-11(2,18(3,15)16)7-12-6-8-4-5-9(17-8)10(13)14/h4-5,12H,6-7H2,1-3H3,(H,13,14). The van der Waals surface area contributed by atoms with Crippen LogP contribution in [0.25, 0.3) is 0 Å². The Morgan fingerprint density at radius 1 is 1.44 bits per heavy atom. The lowest BCUT2D eigenvalue weighted by atomic mass is 10.2. The number of carboxylic acids is 1. The van der Waals surface area contributed by atoms with Crippen molar-refractivity contribution in [2.24, 2.45) is 0 Å². The van der Waals surface area contributed by atoms with Crippen molar-refractivity contribution in [2.75, 3.05) is 12.8 Å². The first-order valence-electron chi connectivity index (χ1n) is 5.36. The molecule has 0 saturated carbocycles. The summed E-state index contributed by atoms with van der Waals surface area (Å²) in [4.78, 5) is 10.6. The molecule has 0 atom stereocenters. The van der Waals surface area contributed by atoms with E-state index in [1.54, 1.807) is 19.9 Å². The van der Waals surface area contributed by atoms with E-state index in [4.69, 9.17) is 9.52 Å². The maximum absolute atomic E-state index is 11.4. The van der Waals surface area contributed by atoms with E-state index in [0.29, 0.717) is 5.76 Å². The third-order valence-corrected chi connectivity index (χ3v) is 4.88. The van der Waals surface area contributed by atoms with Crippen molar-refractivity contribution in [3.05, 3.63) is 23.7 Å². The van der Waals surface area contributed by atoms with E-state index in [-0.39, 0.29) is 18.8 Å². The van der Waals surface area contributed by atoms with Gasteiger partial charge in [0.15, 0.2) is 9.84 Å². The summed E-state index contributed by atoms with van der Waals surface area (Å²) in [5.41, 5.74) is 0. The molecule has 0 saturated heterocycles. The van der Waals surface area contributed by atoms with Gasteiger partial charge in [-0.15, -0.1) is 0 Å². The van der Waals surface area contributed by atoms with Crippen LogP contribution in [0.4, 0.5) is 0 Å². The predicted molar refractivity (Wildman–Crippen MR) is 66.3 cm³/mol. The first-order chi connectivity index (χ1) is 8.13. The summed E-state index contributed by atoms with van der Waals surface area (Å²) in [5.74, 6) is -0.802. The van der Waals surface area contributed by atoms with Gasteiger partial charge in [0.2, 0.25) is 5.76 Å². The number of aromatic carboxylic acids is 1. The lowest BCUT2D eigenvalue weighted by Gasteiger charge is -2.22. The Hall–Kier alpha value is -1.34.